The van der Waals surface area contributed by atoms with Gasteiger partial charge >= 0.3 is 0 Å². The first-order valence-electron chi connectivity index (χ1n) is 25.8. The average Bonchev–Trinajstić information content (AvgIpc) is 3.68. The van der Waals surface area contributed by atoms with Crippen molar-refractivity contribution in [1.29, 1.82) is 0 Å². The molecule has 0 radical (unpaired) electrons. The van der Waals surface area contributed by atoms with Crippen LogP contribution in [0.1, 0.15) is 26.3 Å². The molecular weight excluding hydrogens is 889 g/mol. The lowest BCUT2D eigenvalue weighted by Crippen LogP contribution is -2.09. The van der Waals surface area contributed by atoms with E-state index in [1.807, 2.05) is 0 Å². The molecule has 10 aromatic carbocycles. The molecule has 0 atom stereocenters. The van der Waals surface area contributed by atoms with Crippen LogP contribution in [0.4, 0.5) is 0 Å². The summed E-state index contributed by atoms with van der Waals surface area (Å²) in [6.07, 6.45) is 0. The molecule has 0 fully saturated rings. The van der Waals surface area contributed by atoms with Crippen molar-refractivity contribution in [2.75, 3.05) is 0 Å². The number of fused-ring (bicyclic) bond motifs is 1. The minimum absolute atomic E-state index is 0.0855. The van der Waals surface area contributed by atoms with Crippen molar-refractivity contribution in [3.63, 3.8) is 0 Å². The number of benzene rings is 10. The van der Waals surface area contributed by atoms with Crippen LogP contribution in [0.25, 0.3) is 122 Å². The summed E-state index contributed by atoms with van der Waals surface area (Å²) >= 11 is 0. The molecular formula is C74H56. The third kappa shape index (κ3) is 8.65. The van der Waals surface area contributed by atoms with Crippen LogP contribution in [0.3, 0.4) is 0 Å². The van der Waals surface area contributed by atoms with Gasteiger partial charge in [0, 0.05) is 0 Å². The molecule has 0 aliphatic heterocycles. The van der Waals surface area contributed by atoms with E-state index in [1.165, 1.54) is 128 Å². The maximum Gasteiger partial charge on any atom is -0.00143 e. The molecule has 2 aliphatic rings. The van der Waals surface area contributed by atoms with Crippen LogP contribution in [-0.2, 0) is 5.41 Å². The van der Waals surface area contributed by atoms with E-state index in [-0.39, 0.29) is 5.41 Å². The highest BCUT2D eigenvalue weighted by molar-refractivity contribution is 6.14. The second-order valence-corrected chi connectivity index (χ2v) is 20.3. The molecule has 0 N–H and O–H groups in total. The lowest BCUT2D eigenvalue weighted by Gasteiger charge is -2.24. The van der Waals surface area contributed by atoms with Crippen LogP contribution in [0, 0.1) is 0 Å². The Kier molecular flexibility index (Phi) is 12.3. The van der Waals surface area contributed by atoms with E-state index in [9.17, 15) is 0 Å². The van der Waals surface area contributed by atoms with Gasteiger partial charge in [0.1, 0.15) is 0 Å². The molecule has 0 bridgehead atoms. The molecule has 0 spiro atoms. The summed E-state index contributed by atoms with van der Waals surface area (Å²) in [7, 11) is 0. The molecule has 0 heterocycles. The minimum atomic E-state index is -0.0855. The highest BCUT2D eigenvalue weighted by atomic mass is 14.3. The predicted octanol–water partition coefficient (Wildman–Crippen LogP) is 20.8. The van der Waals surface area contributed by atoms with Crippen molar-refractivity contribution in [3.8, 4) is 122 Å². The van der Waals surface area contributed by atoms with E-state index in [1.54, 1.807) is 0 Å². The van der Waals surface area contributed by atoms with Crippen LogP contribution in [0.5, 0.6) is 0 Å². The molecule has 12 rings (SSSR count). The van der Waals surface area contributed by atoms with Crippen LogP contribution in [-0.4, -0.2) is 0 Å². The van der Waals surface area contributed by atoms with Gasteiger partial charge in [0.05, 0.1) is 0 Å². The largest absolute Gasteiger partial charge is 0.0622 e. The smallest absolute Gasteiger partial charge is 0.00143 e. The highest BCUT2D eigenvalue weighted by Crippen LogP contribution is 2.57. The van der Waals surface area contributed by atoms with Gasteiger partial charge < -0.3 is 0 Å². The fourth-order valence-electron chi connectivity index (χ4n) is 11.2. The van der Waals surface area contributed by atoms with Gasteiger partial charge in [0.2, 0.25) is 0 Å². The van der Waals surface area contributed by atoms with Gasteiger partial charge in [-0.2, -0.15) is 0 Å². The van der Waals surface area contributed by atoms with Crippen molar-refractivity contribution >= 4 is 0 Å². The van der Waals surface area contributed by atoms with Gasteiger partial charge in [-0.1, -0.05) is 288 Å². The normalized spacial score (nSPS) is 11.4. The highest BCUT2D eigenvalue weighted by Gasteiger charge is 2.30. The van der Waals surface area contributed by atoms with Crippen molar-refractivity contribution in [2.24, 2.45) is 0 Å². The molecule has 0 heteroatoms. The first-order chi connectivity index (χ1) is 36.4. The molecule has 10 aromatic rings. The number of hydrogen-bond donors (Lipinski definition) is 0. The topological polar surface area (TPSA) is 0 Å². The fraction of sp³-hybridized carbons (Fsp3) is 0.0541. The summed E-state index contributed by atoms with van der Waals surface area (Å²) in [6, 6.07) is 105. The minimum Gasteiger partial charge on any atom is -0.0622 e. The van der Waals surface area contributed by atoms with Crippen molar-refractivity contribution in [2.45, 2.75) is 26.2 Å². The summed E-state index contributed by atoms with van der Waals surface area (Å²) in [6.45, 7) is 6.95. The van der Waals surface area contributed by atoms with E-state index in [2.05, 4.69) is 306 Å². The van der Waals surface area contributed by atoms with Crippen LogP contribution < -0.4 is 0 Å². The third-order valence-electron chi connectivity index (χ3n) is 14.7. The molecule has 0 saturated carbocycles. The summed E-state index contributed by atoms with van der Waals surface area (Å²) in [5, 5.41) is 0. The van der Waals surface area contributed by atoms with E-state index in [0.717, 1.165) is 0 Å². The van der Waals surface area contributed by atoms with Gasteiger partial charge in [-0.3, -0.25) is 0 Å². The van der Waals surface area contributed by atoms with Gasteiger partial charge in [0.25, 0.3) is 0 Å². The number of rotatable bonds is 10. The summed E-state index contributed by atoms with van der Waals surface area (Å²) in [4.78, 5) is 0. The van der Waals surface area contributed by atoms with E-state index < -0.39 is 0 Å². The van der Waals surface area contributed by atoms with Gasteiger partial charge in [-0.15, -0.1) is 0 Å². The molecule has 0 unspecified atom stereocenters. The maximum absolute atomic E-state index is 2.53. The second-order valence-electron chi connectivity index (χ2n) is 20.3. The van der Waals surface area contributed by atoms with Crippen molar-refractivity contribution < 1.29 is 0 Å². The molecule has 352 valence electrons. The van der Waals surface area contributed by atoms with Crippen molar-refractivity contribution in [3.05, 3.63) is 291 Å². The first-order valence-corrected chi connectivity index (χ1v) is 25.8. The first kappa shape index (κ1) is 46.0. The van der Waals surface area contributed by atoms with Gasteiger partial charge in [-0.25, -0.2) is 0 Å². The number of hydrogen-bond acceptors (Lipinski definition) is 0. The average molecular weight is 945 g/mol. The summed E-state index contributed by atoms with van der Waals surface area (Å²) in [5.74, 6) is 0. The Bertz CT molecular complexity index is 3590. The molecule has 0 aromatic heterocycles. The van der Waals surface area contributed by atoms with E-state index in [4.69, 9.17) is 0 Å². The summed E-state index contributed by atoms with van der Waals surface area (Å²) < 4.78 is 0. The molecule has 0 saturated heterocycles. The Morgan fingerprint density at radius 3 is 0.649 bits per heavy atom. The zero-order valence-corrected chi connectivity index (χ0v) is 42.1. The zero-order valence-electron chi connectivity index (χ0n) is 42.1. The Morgan fingerprint density at radius 2 is 0.392 bits per heavy atom. The molecule has 74 heavy (non-hydrogen) atoms. The lowest BCUT2D eigenvalue weighted by molar-refractivity contribution is 0.591. The quantitative estimate of drug-likeness (QED) is 0.128. The van der Waals surface area contributed by atoms with E-state index >= 15 is 0 Å². The van der Waals surface area contributed by atoms with Gasteiger partial charge in [-0.05, 0) is 152 Å². The van der Waals surface area contributed by atoms with Crippen LogP contribution in [0.2, 0.25) is 0 Å². The van der Waals surface area contributed by atoms with Crippen LogP contribution >= 0.6 is 0 Å². The predicted molar refractivity (Wildman–Crippen MR) is 316 cm³/mol. The summed E-state index contributed by atoms with van der Waals surface area (Å²) in [5.41, 5.74) is 27.3. The lowest BCUT2D eigenvalue weighted by atomic mass is 9.78. The van der Waals surface area contributed by atoms with Gasteiger partial charge in [0.15, 0.2) is 0 Å². The Labute approximate surface area is 436 Å². The molecule has 0 amide bonds. The van der Waals surface area contributed by atoms with Crippen LogP contribution in [0.15, 0.2) is 285 Å². The monoisotopic (exact) mass is 944 g/mol. The maximum atomic E-state index is 2.53. The van der Waals surface area contributed by atoms with E-state index in [0.29, 0.717) is 0 Å². The molecule has 2 aliphatic carbocycles. The second kappa shape index (κ2) is 19.8. The molecule has 0 nitrogen and oxygen atoms in total. The SMILES string of the molecule is CC(C)(C)c1ccc2c(-c3cc(-c4ccccc4)c(-c4ccccc4)c(-c4ccccc4)c3-c3ccccc3)cc(-c3cc(-c4ccccc4)c(-c4ccccc4)c(-c4ccccc4)c3-c3ccccc3)c-2cc1. The third-order valence-corrected chi connectivity index (χ3v) is 14.7. The Morgan fingerprint density at radius 1 is 0.176 bits per heavy atom. The fourth-order valence-corrected chi connectivity index (χ4v) is 11.2. The Balaban J connectivity index is 1.29. The van der Waals surface area contributed by atoms with Crippen molar-refractivity contribution in [1.82, 2.24) is 0 Å². The Hall–Kier alpha value is -9.10. The standard InChI is InChI=1S/C74H56/c1-74(2,3)59-44-46-60-61(47-45-59)65(67-49-63(52-30-14-5-15-31-52)69(54-34-18-7-19-35-54)73(58-42-26-11-27-43-58)71(67)56-38-22-9-23-39-56)50-64(60)66-48-62(51-28-12-4-13-29-51)68(53-32-16-6-17-33-53)72(57-40-24-10-25-41-57)70(66)55-36-20-8-21-37-55/h4-50H,1-3H3. The zero-order chi connectivity index (χ0) is 50.0.